The number of aromatic carboxylic acids is 1. The van der Waals surface area contributed by atoms with Gasteiger partial charge in [-0.25, -0.2) is 9.48 Å². The molecule has 0 radical (unpaired) electrons. The van der Waals surface area contributed by atoms with Crippen LogP contribution in [0.5, 0.6) is 0 Å². The van der Waals surface area contributed by atoms with E-state index in [2.05, 4.69) is 5.10 Å². The highest BCUT2D eigenvalue weighted by molar-refractivity contribution is 5.88. The predicted molar refractivity (Wildman–Crippen MR) is 72.3 cm³/mol. The van der Waals surface area contributed by atoms with Crippen molar-refractivity contribution in [2.45, 2.75) is 13.5 Å². The minimum Gasteiger partial charge on any atom is -0.478 e. The molecule has 2 aromatic rings. The van der Waals surface area contributed by atoms with E-state index in [9.17, 15) is 9.59 Å². The first kappa shape index (κ1) is 13.9. The van der Waals surface area contributed by atoms with Crippen molar-refractivity contribution in [3.05, 3.63) is 45.8 Å². The first-order valence-corrected chi connectivity index (χ1v) is 5.95. The van der Waals surface area contributed by atoms with Crippen LogP contribution in [0, 0.1) is 6.92 Å². The molecule has 106 valence electrons. The molecule has 0 atom stereocenters. The van der Waals surface area contributed by atoms with E-state index in [1.54, 1.807) is 18.0 Å². The largest absolute Gasteiger partial charge is 0.478 e. The standard InChI is InChI=1S/C13H15N3O4/c1-8-11(13(18)19)5-10(20-8)7-16-12(17)4-9(6-14-16)15(2)3/h4-6H,7H2,1-3H3,(H,18,19). The summed E-state index contributed by atoms with van der Waals surface area (Å²) >= 11 is 0. The molecule has 0 aromatic carbocycles. The Hall–Kier alpha value is -2.57. The molecule has 2 heterocycles. The fraction of sp³-hybridized carbons (Fsp3) is 0.308. The Balaban J connectivity index is 2.29. The Bertz CT molecular complexity index is 700. The zero-order valence-electron chi connectivity index (χ0n) is 11.5. The van der Waals surface area contributed by atoms with Gasteiger partial charge in [0.1, 0.15) is 23.6 Å². The van der Waals surface area contributed by atoms with Gasteiger partial charge in [-0.2, -0.15) is 5.10 Å². The lowest BCUT2D eigenvalue weighted by molar-refractivity contribution is 0.0695. The van der Waals surface area contributed by atoms with Crippen molar-refractivity contribution in [1.82, 2.24) is 9.78 Å². The lowest BCUT2D eigenvalue weighted by Gasteiger charge is -2.11. The zero-order chi connectivity index (χ0) is 14.9. The van der Waals surface area contributed by atoms with E-state index in [1.165, 1.54) is 16.8 Å². The molecule has 0 spiro atoms. The highest BCUT2D eigenvalue weighted by Crippen LogP contribution is 2.15. The van der Waals surface area contributed by atoms with Crippen LogP contribution >= 0.6 is 0 Å². The second kappa shape index (κ2) is 5.20. The highest BCUT2D eigenvalue weighted by atomic mass is 16.4. The van der Waals surface area contributed by atoms with E-state index in [0.29, 0.717) is 17.2 Å². The number of furan rings is 1. The Labute approximate surface area is 115 Å². The van der Waals surface area contributed by atoms with E-state index in [4.69, 9.17) is 9.52 Å². The molecule has 0 aliphatic carbocycles. The molecule has 1 N–H and O–H groups in total. The van der Waals surface area contributed by atoms with Crippen molar-refractivity contribution in [2.24, 2.45) is 0 Å². The maximum absolute atomic E-state index is 11.9. The van der Waals surface area contributed by atoms with Crippen LogP contribution in [-0.4, -0.2) is 35.0 Å². The second-order valence-electron chi connectivity index (χ2n) is 4.59. The predicted octanol–water partition coefficient (Wildman–Crippen LogP) is 0.957. The average molecular weight is 277 g/mol. The first-order chi connectivity index (χ1) is 9.38. The number of aryl methyl sites for hydroxylation is 1. The van der Waals surface area contributed by atoms with Crippen molar-refractivity contribution < 1.29 is 14.3 Å². The summed E-state index contributed by atoms with van der Waals surface area (Å²) in [6.45, 7) is 1.67. The minimum atomic E-state index is -1.05. The van der Waals surface area contributed by atoms with Gasteiger partial charge in [0.25, 0.3) is 5.56 Å². The van der Waals surface area contributed by atoms with Gasteiger partial charge >= 0.3 is 5.97 Å². The summed E-state index contributed by atoms with van der Waals surface area (Å²) in [5.74, 6) is -0.363. The number of rotatable bonds is 4. The molecular weight excluding hydrogens is 262 g/mol. The fourth-order valence-corrected chi connectivity index (χ4v) is 1.77. The van der Waals surface area contributed by atoms with Crippen molar-refractivity contribution in [3.8, 4) is 0 Å². The summed E-state index contributed by atoms with van der Waals surface area (Å²) in [6.07, 6.45) is 1.56. The smallest absolute Gasteiger partial charge is 0.339 e. The zero-order valence-corrected chi connectivity index (χ0v) is 11.5. The van der Waals surface area contributed by atoms with E-state index in [1.807, 2.05) is 14.1 Å². The van der Waals surface area contributed by atoms with Crippen molar-refractivity contribution in [2.75, 3.05) is 19.0 Å². The topological polar surface area (TPSA) is 88.6 Å². The highest BCUT2D eigenvalue weighted by Gasteiger charge is 2.14. The Morgan fingerprint density at radius 3 is 2.65 bits per heavy atom. The summed E-state index contributed by atoms with van der Waals surface area (Å²) in [7, 11) is 3.63. The van der Waals surface area contributed by atoms with E-state index in [-0.39, 0.29) is 17.7 Å². The van der Waals surface area contributed by atoms with E-state index >= 15 is 0 Å². The molecule has 2 rings (SSSR count). The lowest BCUT2D eigenvalue weighted by atomic mass is 10.2. The van der Waals surface area contributed by atoms with Crippen LogP contribution in [0.3, 0.4) is 0 Å². The molecule has 0 unspecified atom stereocenters. The third-order valence-electron chi connectivity index (χ3n) is 2.88. The fourth-order valence-electron chi connectivity index (χ4n) is 1.77. The van der Waals surface area contributed by atoms with E-state index < -0.39 is 5.97 Å². The Kier molecular flexibility index (Phi) is 3.60. The van der Waals surface area contributed by atoms with Crippen molar-refractivity contribution in [3.63, 3.8) is 0 Å². The number of hydrogen-bond acceptors (Lipinski definition) is 5. The Morgan fingerprint density at radius 2 is 2.15 bits per heavy atom. The molecule has 0 amide bonds. The Morgan fingerprint density at radius 1 is 1.45 bits per heavy atom. The molecule has 0 fully saturated rings. The molecular formula is C13H15N3O4. The molecule has 7 nitrogen and oxygen atoms in total. The van der Waals surface area contributed by atoms with Gasteiger partial charge in [-0.15, -0.1) is 0 Å². The molecule has 0 saturated heterocycles. The van der Waals surface area contributed by atoms with Crippen LogP contribution in [0.25, 0.3) is 0 Å². The molecule has 0 aliphatic heterocycles. The van der Waals surface area contributed by atoms with Crippen LogP contribution in [0.1, 0.15) is 21.9 Å². The average Bonchev–Trinajstić information content (AvgIpc) is 2.73. The van der Waals surface area contributed by atoms with Gasteiger partial charge in [-0.3, -0.25) is 4.79 Å². The molecule has 0 aliphatic rings. The quantitative estimate of drug-likeness (QED) is 0.895. The molecule has 7 heteroatoms. The maximum atomic E-state index is 11.9. The van der Waals surface area contributed by atoms with Crippen molar-refractivity contribution >= 4 is 11.7 Å². The third kappa shape index (κ3) is 2.71. The van der Waals surface area contributed by atoms with Gasteiger partial charge in [-0.1, -0.05) is 0 Å². The lowest BCUT2D eigenvalue weighted by Crippen LogP contribution is -2.24. The van der Waals surface area contributed by atoms with Crippen LogP contribution in [-0.2, 0) is 6.54 Å². The number of carbonyl (C=O) groups is 1. The number of anilines is 1. The van der Waals surface area contributed by atoms with Gasteiger partial charge in [0.2, 0.25) is 0 Å². The number of carboxylic acids is 1. The SMILES string of the molecule is Cc1oc(Cn2ncc(N(C)C)cc2=O)cc1C(=O)O. The molecule has 0 saturated carbocycles. The molecule has 20 heavy (non-hydrogen) atoms. The van der Waals surface area contributed by atoms with Gasteiger partial charge < -0.3 is 14.4 Å². The van der Waals surface area contributed by atoms with Gasteiger partial charge in [0.15, 0.2) is 0 Å². The van der Waals surface area contributed by atoms with Crippen LogP contribution in [0.15, 0.2) is 27.5 Å². The summed E-state index contributed by atoms with van der Waals surface area (Å²) < 4.78 is 6.54. The molecule has 2 aromatic heterocycles. The number of hydrogen-bond donors (Lipinski definition) is 1. The minimum absolute atomic E-state index is 0.0953. The van der Waals surface area contributed by atoms with Crippen LogP contribution < -0.4 is 10.5 Å². The number of nitrogens with zero attached hydrogens (tertiary/aromatic N) is 3. The summed E-state index contributed by atoms with van der Waals surface area (Å²) in [6, 6.07) is 2.87. The second-order valence-corrected chi connectivity index (χ2v) is 4.59. The maximum Gasteiger partial charge on any atom is 0.339 e. The summed E-state index contributed by atoms with van der Waals surface area (Å²) in [5, 5.41) is 13.0. The monoisotopic (exact) mass is 277 g/mol. The first-order valence-electron chi connectivity index (χ1n) is 5.95. The third-order valence-corrected chi connectivity index (χ3v) is 2.88. The normalized spacial score (nSPS) is 10.6. The number of carboxylic acid groups (broad SMARTS) is 1. The van der Waals surface area contributed by atoms with Gasteiger partial charge in [-0.05, 0) is 13.0 Å². The van der Waals surface area contributed by atoms with Gasteiger partial charge in [0.05, 0.1) is 11.9 Å². The molecule has 0 bridgehead atoms. The van der Waals surface area contributed by atoms with Crippen LogP contribution in [0.4, 0.5) is 5.69 Å². The van der Waals surface area contributed by atoms with Crippen LogP contribution in [0.2, 0.25) is 0 Å². The summed E-state index contributed by atoms with van der Waals surface area (Å²) in [5.41, 5.74) is 0.521. The van der Waals surface area contributed by atoms with Crippen molar-refractivity contribution in [1.29, 1.82) is 0 Å². The van der Waals surface area contributed by atoms with Gasteiger partial charge in [0, 0.05) is 20.2 Å². The number of aromatic nitrogens is 2. The summed E-state index contributed by atoms with van der Waals surface area (Å²) in [4.78, 5) is 24.6. The van der Waals surface area contributed by atoms with E-state index in [0.717, 1.165) is 0 Å².